The molecule has 120 valence electrons. The molecule has 0 atom stereocenters. The van der Waals surface area contributed by atoms with Crippen molar-refractivity contribution >= 4 is 33.1 Å². The number of hydrogen-bond donors (Lipinski definition) is 6. The van der Waals surface area contributed by atoms with Crippen LogP contribution in [0.15, 0.2) is 28.8 Å². The Kier molecular flexibility index (Phi) is 2.44. The lowest BCUT2D eigenvalue weighted by atomic mass is 10.2. The van der Waals surface area contributed by atoms with E-state index in [0.717, 1.165) is 0 Å². The van der Waals surface area contributed by atoms with Gasteiger partial charge < -0.3 is 29.9 Å². The lowest BCUT2D eigenvalue weighted by molar-refractivity contribution is 1.10. The van der Waals surface area contributed by atoms with E-state index < -0.39 is 33.4 Å². The second-order valence-electron chi connectivity index (χ2n) is 4.97. The summed E-state index contributed by atoms with van der Waals surface area (Å²) < 4.78 is 0. The number of nitrogens with one attached hydrogen (secondary N) is 6. The van der Waals surface area contributed by atoms with Crippen LogP contribution in [0.4, 0.5) is 0 Å². The minimum Gasteiger partial charge on any atom is -0.314 e. The molecule has 4 aromatic rings. The summed E-state index contributed by atoms with van der Waals surface area (Å²) >= 11 is 0. The van der Waals surface area contributed by atoms with Gasteiger partial charge >= 0.3 is 33.4 Å². The Labute approximate surface area is 126 Å². The first-order chi connectivity index (χ1) is 11.4. The van der Waals surface area contributed by atoms with E-state index in [9.17, 15) is 28.8 Å². The minimum atomic E-state index is -0.998. The highest BCUT2D eigenvalue weighted by Gasteiger charge is 2.15. The average molecular weight is 330 g/mol. The van der Waals surface area contributed by atoms with Gasteiger partial charge in [-0.05, 0) is 0 Å². The van der Waals surface area contributed by atoms with Gasteiger partial charge in [-0.25, -0.2) is 0 Å². The Balaban J connectivity index is 2.56. The summed E-state index contributed by atoms with van der Waals surface area (Å²) in [5, 5.41) is 0. The Morgan fingerprint density at radius 2 is 0.417 bits per heavy atom. The van der Waals surface area contributed by atoms with Gasteiger partial charge in [-0.15, -0.1) is 0 Å². The Bertz CT molecular complexity index is 1200. The van der Waals surface area contributed by atoms with Gasteiger partial charge in [0, 0.05) is 0 Å². The van der Waals surface area contributed by atoms with Gasteiger partial charge in [0.05, 0.1) is 33.1 Å². The molecular weight excluding hydrogens is 324 g/mol. The number of aromatic amines is 6. The Morgan fingerprint density at radius 1 is 0.292 bits per heavy atom. The normalized spacial score (nSPS) is 11.5. The number of rotatable bonds is 0. The lowest BCUT2D eigenvalue weighted by Gasteiger charge is -2.07. The first kappa shape index (κ1) is 13.7. The number of fused-ring (bicyclic) bond motifs is 6. The molecule has 4 rings (SSSR count). The average Bonchev–Trinajstić information content (AvgIpc) is 2.53. The van der Waals surface area contributed by atoms with Crippen molar-refractivity contribution in [1.29, 1.82) is 0 Å². The zero-order chi connectivity index (χ0) is 17.2. The number of H-pyrrole nitrogens is 6. The molecule has 0 aliphatic rings. The fourth-order valence-corrected chi connectivity index (χ4v) is 2.52. The molecule has 0 aliphatic carbocycles. The number of benzene rings is 1. The van der Waals surface area contributed by atoms with Gasteiger partial charge in [-0.2, -0.15) is 0 Å². The van der Waals surface area contributed by atoms with E-state index in [0.29, 0.717) is 0 Å². The van der Waals surface area contributed by atoms with Crippen molar-refractivity contribution in [3.63, 3.8) is 0 Å². The van der Waals surface area contributed by atoms with Crippen LogP contribution in [0.2, 0.25) is 0 Å². The molecule has 3 aromatic heterocycles. The standard InChI is InChI=1S/C12H6N6O6/c19-7-8(20)14-2-1(13-7)3-5(16-10(22)9(21)15-3)6-4(2)17-11(23)12(24)18-6/h(H,13,19)(H,14,20)(H,15,21)(H,16,22)(H,17,23)(H,18,24). The van der Waals surface area contributed by atoms with Crippen molar-refractivity contribution in [3.8, 4) is 0 Å². The maximum atomic E-state index is 11.6. The predicted octanol–water partition coefficient (Wildman–Crippen LogP) is -2.72. The molecule has 24 heavy (non-hydrogen) atoms. The van der Waals surface area contributed by atoms with Crippen molar-refractivity contribution < 1.29 is 0 Å². The summed E-state index contributed by atoms with van der Waals surface area (Å²) in [6.07, 6.45) is 0. The van der Waals surface area contributed by atoms with Crippen LogP contribution >= 0.6 is 0 Å². The van der Waals surface area contributed by atoms with E-state index in [2.05, 4.69) is 29.9 Å². The molecule has 0 saturated heterocycles. The maximum absolute atomic E-state index is 11.6. The summed E-state index contributed by atoms with van der Waals surface area (Å²) in [5.41, 5.74) is -6.17. The third kappa shape index (κ3) is 1.67. The predicted molar refractivity (Wildman–Crippen MR) is 82.7 cm³/mol. The maximum Gasteiger partial charge on any atom is 0.314 e. The molecule has 0 unspecified atom stereocenters. The van der Waals surface area contributed by atoms with E-state index in [4.69, 9.17) is 0 Å². The molecule has 0 spiro atoms. The molecule has 0 fully saturated rings. The molecule has 0 amide bonds. The van der Waals surface area contributed by atoms with E-state index in [-0.39, 0.29) is 33.1 Å². The van der Waals surface area contributed by atoms with Gasteiger partial charge in [0.2, 0.25) is 0 Å². The molecule has 0 bridgehead atoms. The van der Waals surface area contributed by atoms with Gasteiger partial charge in [0.25, 0.3) is 0 Å². The topological polar surface area (TPSA) is 197 Å². The summed E-state index contributed by atoms with van der Waals surface area (Å²) in [6, 6.07) is 0. The summed E-state index contributed by atoms with van der Waals surface area (Å²) in [6.45, 7) is 0. The van der Waals surface area contributed by atoms with E-state index >= 15 is 0 Å². The smallest absolute Gasteiger partial charge is 0.314 e. The summed E-state index contributed by atoms with van der Waals surface area (Å²) in [7, 11) is 0. The first-order valence-corrected chi connectivity index (χ1v) is 6.47. The largest absolute Gasteiger partial charge is 0.314 e. The third-order valence-corrected chi connectivity index (χ3v) is 3.55. The highest BCUT2D eigenvalue weighted by Crippen LogP contribution is 2.24. The van der Waals surface area contributed by atoms with Crippen molar-refractivity contribution in [2.24, 2.45) is 0 Å². The monoisotopic (exact) mass is 330 g/mol. The van der Waals surface area contributed by atoms with Crippen LogP contribution in [-0.2, 0) is 0 Å². The fourth-order valence-electron chi connectivity index (χ4n) is 2.52. The summed E-state index contributed by atoms with van der Waals surface area (Å²) in [5.74, 6) is 0. The zero-order valence-corrected chi connectivity index (χ0v) is 11.4. The molecule has 0 saturated carbocycles. The van der Waals surface area contributed by atoms with E-state index in [1.165, 1.54) is 0 Å². The first-order valence-electron chi connectivity index (χ1n) is 6.47. The van der Waals surface area contributed by atoms with Crippen LogP contribution in [0.5, 0.6) is 0 Å². The van der Waals surface area contributed by atoms with Crippen molar-refractivity contribution in [2.45, 2.75) is 0 Å². The van der Waals surface area contributed by atoms with E-state index in [1.54, 1.807) is 0 Å². The number of hydrogen-bond acceptors (Lipinski definition) is 6. The second-order valence-corrected chi connectivity index (χ2v) is 4.97. The van der Waals surface area contributed by atoms with Crippen LogP contribution in [0.1, 0.15) is 0 Å². The van der Waals surface area contributed by atoms with Crippen LogP contribution in [0.25, 0.3) is 33.1 Å². The van der Waals surface area contributed by atoms with Gasteiger partial charge in [-0.3, -0.25) is 28.8 Å². The highest BCUT2D eigenvalue weighted by molar-refractivity contribution is 6.17. The molecule has 0 aliphatic heterocycles. The van der Waals surface area contributed by atoms with Crippen molar-refractivity contribution in [3.05, 3.63) is 62.1 Å². The molecule has 3 heterocycles. The molecule has 12 heteroatoms. The quantitative estimate of drug-likeness (QED) is 0.149. The van der Waals surface area contributed by atoms with Gasteiger partial charge in [-0.1, -0.05) is 0 Å². The molecule has 1 aromatic carbocycles. The SMILES string of the molecule is O=c1[nH]c2c3[nH]c(=O)c(=O)[nH]c3c3[nH]c(=O)c(=O)[nH]c3c2[nH]c1=O. The van der Waals surface area contributed by atoms with E-state index in [1.807, 2.05) is 0 Å². The second kappa shape index (κ2) is 4.28. The van der Waals surface area contributed by atoms with Gasteiger partial charge in [0.1, 0.15) is 0 Å². The van der Waals surface area contributed by atoms with Crippen LogP contribution < -0.4 is 33.4 Å². The number of aromatic nitrogens is 6. The third-order valence-electron chi connectivity index (χ3n) is 3.55. The fraction of sp³-hybridized carbons (Fsp3) is 0. The zero-order valence-electron chi connectivity index (χ0n) is 11.4. The van der Waals surface area contributed by atoms with Crippen LogP contribution in [-0.4, -0.2) is 29.9 Å². The summed E-state index contributed by atoms with van der Waals surface area (Å²) in [4.78, 5) is 83.2. The lowest BCUT2D eigenvalue weighted by Crippen LogP contribution is -2.33. The molecule has 6 N–H and O–H groups in total. The van der Waals surface area contributed by atoms with Crippen LogP contribution in [0.3, 0.4) is 0 Å². The highest BCUT2D eigenvalue weighted by atomic mass is 16.2. The Hall–Kier alpha value is -3.96. The van der Waals surface area contributed by atoms with Crippen molar-refractivity contribution in [1.82, 2.24) is 29.9 Å². The Morgan fingerprint density at radius 3 is 0.542 bits per heavy atom. The minimum absolute atomic E-state index is 0.0295. The molecular formula is C12H6N6O6. The van der Waals surface area contributed by atoms with Gasteiger partial charge in [0.15, 0.2) is 0 Å². The van der Waals surface area contributed by atoms with Crippen LogP contribution in [0, 0.1) is 0 Å². The molecule has 0 radical (unpaired) electrons. The van der Waals surface area contributed by atoms with Crippen molar-refractivity contribution in [2.75, 3.05) is 0 Å². The molecule has 12 nitrogen and oxygen atoms in total.